The maximum absolute atomic E-state index is 6.00. The number of nitrogens with two attached hydrogens (primary N) is 1. The maximum atomic E-state index is 6.00. The zero-order valence-corrected chi connectivity index (χ0v) is 12.9. The van der Waals surface area contributed by atoms with E-state index < -0.39 is 0 Å². The van der Waals surface area contributed by atoms with Gasteiger partial charge >= 0.3 is 0 Å². The van der Waals surface area contributed by atoms with Crippen LogP contribution in [-0.4, -0.2) is 41.0 Å². The molecule has 1 saturated heterocycles. The van der Waals surface area contributed by atoms with Crippen molar-refractivity contribution in [3.63, 3.8) is 0 Å². The molecule has 1 aromatic rings. The quantitative estimate of drug-likeness (QED) is 0.598. The van der Waals surface area contributed by atoms with Gasteiger partial charge in [0.15, 0.2) is 11.0 Å². The molecule has 0 bridgehead atoms. The molecule has 112 valence electrons. The normalized spacial score (nSPS) is 15.7. The smallest absolute Gasteiger partial charge is 0.157 e. The summed E-state index contributed by atoms with van der Waals surface area (Å²) in [7, 11) is 0. The molecule has 2 rings (SSSR count). The number of rotatable bonds is 7. The van der Waals surface area contributed by atoms with Crippen LogP contribution < -0.4 is 11.1 Å². The van der Waals surface area contributed by atoms with Crippen molar-refractivity contribution in [2.24, 2.45) is 0 Å². The Morgan fingerprint density at radius 3 is 2.70 bits per heavy atom. The van der Waals surface area contributed by atoms with Gasteiger partial charge in [-0.15, -0.1) is 0 Å². The van der Waals surface area contributed by atoms with Crippen LogP contribution in [0.1, 0.15) is 38.4 Å². The molecule has 0 radical (unpaired) electrons. The molecule has 1 fully saturated rings. The zero-order valence-electron chi connectivity index (χ0n) is 12.2. The molecular weight excluding hydrogens is 274 g/mol. The van der Waals surface area contributed by atoms with Crippen molar-refractivity contribution < 1.29 is 0 Å². The minimum Gasteiger partial charge on any atom is -0.393 e. The standard InChI is InChI=1S/C14H24ClN5/c1-2-11-18-13(15)12(16)14(19-11)17-7-3-4-8-20-9-5-6-10-20/h2-10,16H2,1H3,(H,17,18,19). The Balaban J connectivity index is 1.74. The third kappa shape index (κ3) is 4.21. The highest BCUT2D eigenvalue weighted by atomic mass is 35.5. The van der Waals surface area contributed by atoms with Crippen molar-refractivity contribution in [2.45, 2.75) is 39.0 Å². The van der Waals surface area contributed by atoms with Crippen molar-refractivity contribution >= 4 is 23.1 Å². The fourth-order valence-electron chi connectivity index (χ4n) is 2.45. The molecule has 0 aromatic carbocycles. The molecule has 3 N–H and O–H groups in total. The van der Waals surface area contributed by atoms with Crippen LogP contribution in [0.15, 0.2) is 0 Å². The van der Waals surface area contributed by atoms with Crippen LogP contribution in [0.25, 0.3) is 0 Å². The molecule has 0 spiro atoms. The summed E-state index contributed by atoms with van der Waals surface area (Å²) >= 11 is 6.00. The lowest BCUT2D eigenvalue weighted by Crippen LogP contribution is -2.21. The summed E-state index contributed by atoms with van der Waals surface area (Å²) in [6.45, 7) is 6.60. The molecule has 6 heteroatoms. The van der Waals surface area contributed by atoms with E-state index in [4.69, 9.17) is 17.3 Å². The highest BCUT2D eigenvalue weighted by molar-refractivity contribution is 6.32. The number of aromatic nitrogens is 2. The highest BCUT2D eigenvalue weighted by Gasteiger charge is 2.11. The van der Waals surface area contributed by atoms with Gasteiger partial charge in [-0.05, 0) is 45.3 Å². The van der Waals surface area contributed by atoms with Gasteiger partial charge in [-0.1, -0.05) is 18.5 Å². The first kappa shape index (κ1) is 15.3. The number of halogens is 1. The van der Waals surface area contributed by atoms with Crippen LogP contribution in [0.4, 0.5) is 11.5 Å². The van der Waals surface area contributed by atoms with E-state index in [0.717, 1.165) is 25.2 Å². The highest BCUT2D eigenvalue weighted by Crippen LogP contribution is 2.23. The Hall–Kier alpha value is -1.07. The van der Waals surface area contributed by atoms with Crippen molar-refractivity contribution in [3.8, 4) is 0 Å². The van der Waals surface area contributed by atoms with Crippen molar-refractivity contribution in [1.29, 1.82) is 0 Å². The molecule has 1 aromatic heterocycles. The summed E-state index contributed by atoms with van der Waals surface area (Å²) in [6, 6.07) is 0. The van der Waals surface area contributed by atoms with Crippen LogP contribution in [-0.2, 0) is 6.42 Å². The molecule has 0 aliphatic carbocycles. The van der Waals surface area contributed by atoms with Crippen LogP contribution in [0.3, 0.4) is 0 Å². The van der Waals surface area contributed by atoms with Gasteiger partial charge in [-0.3, -0.25) is 0 Å². The van der Waals surface area contributed by atoms with Gasteiger partial charge in [0.25, 0.3) is 0 Å². The van der Waals surface area contributed by atoms with Crippen LogP contribution >= 0.6 is 11.6 Å². The van der Waals surface area contributed by atoms with E-state index in [1.54, 1.807) is 0 Å². The predicted octanol–water partition coefficient (Wildman–Crippen LogP) is 2.56. The van der Waals surface area contributed by atoms with E-state index >= 15 is 0 Å². The van der Waals surface area contributed by atoms with Gasteiger partial charge in [0.2, 0.25) is 0 Å². The Morgan fingerprint density at radius 2 is 2.00 bits per heavy atom. The molecule has 20 heavy (non-hydrogen) atoms. The first-order valence-electron chi connectivity index (χ1n) is 7.48. The predicted molar refractivity (Wildman–Crippen MR) is 84.2 cm³/mol. The number of nitrogens with zero attached hydrogens (tertiary/aromatic N) is 3. The number of hydrogen-bond donors (Lipinski definition) is 2. The third-order valence-electron chi connectivity index (χ3n) is 3.65. The lowest BCUT2D eigenvalue weighted by Gasteiger charge is -2.14. The zero-order chi connectivity index (χ0) is 14.4. The third-order valence-corrected chi connectivity index (χ3v) is 3.94. The number of nitrogens with one attached hydrogen (secondary N) is 1. The van der Waals surface area contributed by atoms with E-state index in [2.05, 4.69) is 20.2 Å². The number of anilines is 2. The Bertz CT molecular complexity index is 432. The number of nitrogen functional groups attached to an aromatic ring is 1. The maximum Gasteiger partial charge on any atom is 0.157 e. The topological polar surface area (TPSA) is 67.1 Å². The van der Waals surface area contributed by atoms with E-state index in [1.165, 1.54) is 38.9 Å². The first-order valence-corrected chi connectivity index (χ1v) is 7.86. The molecular formula is C14H24ClN5. The summed E-state index contributed by atoms with van der Waals surface area (Å²) < 4.78 is 0. The molecule has 1 aliphatic rings. The van der Waals surface area contributed by atoms with Crippen molar-refractivity contribution in [3.05, 3.63) is 11.0 Å². The van der Waals surface area contributed by atoms with Crippen molar-refractivity contribution in [2.75, 3.05) is 37.2 Å². The van der Waals surface area contributed by atoms with E-state index in [-0.39, 0.29) is 0 Å². The largest absolute Gasteiger partial charge is 0.393 e. The summed E-state index contributed by atoms with van der Waals surface area (Å²) in [5.41, 5.74) is 6.34. The van der Waals surface area contributed by atoms with Gasteiger partial charge in [-0.25, -0.2) is 9.97 Å². The number of hydrogen-bond acceptors (Lipinski definition) is 5. The Morgan fingerprint density at radius 1 is 1.25 bits per heavy atom. The van der Waals surface area contributed by atoms with Crippen molar-refractivity contribution in [1.82, 2.24) is 14.9 Å². The van der Waals surface area contributed by atoms with Gasteiger partial charge in [0, 0.05) is 13.0 Å². The molecule has 0 saturated carbocycles. The molecule has 0 atom stereocenters. The summed E-state index contributed by atoms with van der Waals surface area (Å²) in [6.07, 6.45) is 5.77. The fourth-order valence-corrected chi connectivity index (χ4v) is 2.64. The second-order valence-corrected chi connectivity index (χ2v) is 5.59. The number of aryl methyl sites for hydroxylation is 1. The fraction of sp³-hybridized carbons (Fsp3) is 0.714. The average molecular weight is 298 g/mol. The number of likely N-dealkylation sites (tertiary alicyclic amines) is 1. The lowest BCUT2D eigenvalue weighted by atomic mass is 10.3. The minimum atomic E-state index is 0.344. The minimum absolute atomic E-state index is 0.344. The molecule has 5 nitrogen and oxygen atoms in total. The van der Waals surface area contributed by atoms with Gasteiger partial charge in [0.05, 0.1) is 0 Å². The summed E-state index contributed by atoms with van der Waals surface area (Å²) in [5.74, 6) is 1.40. The first-order chi connectivity index (χ1) is 9.70. The summed E-state index contributed by atoms with van der Waals surface area (Å²) in [5, 5.41) is 3.62. The van der Waals surface area contributed by atoms with E-state index in [1.807, 2.05) is 6.92 Å². The monoisotopic (exact) mass is 297 g/mol. The lowest BCUT2D eigenvalue weighted by molar-refractivity contribution is 0.331. The second kappa shape index (κ2) is 7.64. The van der Waals surface area contributed by atoms with Gasteiger partial charge < -0.3 is 16.0 Å². The van der Waals surface area contributed by atoms with E-state index in [9.17, 15) is 0 Å². The van der Waals surface area contributed by atoms with Crippen LogP contribution in [0.5, 0.6) is 0 Å². The van der Waals surface area contributed by atoms with Gasteiger partial charge in [-0.2, -0.15) is 0 Å². The second-order valence-electron chi connectivity index (χ2n) is 5.23. The molecule has 2 heterocycles. The van der Waals surface area contributed by atoms with Crippen LogP contribution in [0.2, 0.25) is 5.15 Å². The Kier molecular flexibility index (Phi) is 5.86. The van der Waals surface area contributed by atoms with Crippen LogP contribution in [0, 0.1) is 0 Å². The van der Waals surface area contributed by atoms with Gasteiger partial charge in [0.1, 0.15) is 11.5 Å². The Labute approximate surface area is 125 Å². The molecule has 1 aliphatic heterocycles. The molecule has 0 amide bonds. The average Bonchev–Trinajstić information content (AvgIpc) is 2.96. The van der Waals surface area contributed by atoms with E-state index in [0.29, 0.717) is 16.7 Å². The SMILES string of the molecule is CCc1nc(Cl)c(N)c(NCCCCN2CCCC2)n1. The molecule has 0 unspecified atom stereocenters. The number of unbranched alkanes of at least 4 members (excludes halogenated alkanes) is 1. The summed E-state index contributed by atoms with van der Waals surface area (Å²) in [4.78, 5) is 11.0.